The van der Waals surface area contributed by atoms with Gasteiger partial charge in [-0.15, -0.1) is 0 Å². The van der Waals surface area contributed by atoms with Gasteiger partial charge in [0.25, 0.3) is 0 Å². The zero-order chi connectivity index (χ0) is 15.4. The zero-order valence-corrected chi connectivity index (χ0v) is 13.5. The van der Waals surface area contributed by atoms with Crippen molar-refractivity contribution in [3.63, 3.8) is 0 Å². The summed E-state index contributed by atoms with van der Waals surface area (Å²) in [7, 11) is 0. The minimum absolute atomic E-state index is 1.05. The van der Waals surface area contributed by atoms with Gasteiger partial charge in [-0.3, -0.25) is 4.99 Å². The maximum atomic E-state index is 4.62. The lowest BCUT2D eigenvalue weighted by atomic mass is 10.1. The molecule has 1 aliphatic heterocycles. The molecule has 2 heteroatoms. The molecular formula is C20H24N2. The van der Waals surface area contributed by atoms with Crippen molar-refractivity contribution in [2.75, 3.05) is 18.0 Å². The molecule has 2 nitrogen and oxygen atoms in total. The van der Waals surface area contributed by atoms with Crippen LogP contribution in [0.2, 0.25) is 0 Å². The van der Waals surface area contributed by atoms with Crippen LogP contribution in [-0.2, 0) is 0 Å². The maximum absolute atomic E-state index is 4.62. The normalized spacial score (nSPS) is 15.5. The summed E-state index contributed by atoms with van der Waals surface area (Å²) >= 11 is 0. The van der Waals surface area contributed by atoms with E-state index in [2.05, 4.69) is 66.2 Å². The third-order valence-corrected chi connectivity index (χ3v) is 4.32. The molecule has 2 aromatic carbocycles. The predicted molar refractivity (Wildman–Crippen MR) is 95.7 cm³/mol. The van der Waals surface area contributed by atoms with Crippen molar-refractivity contribution in [2.45, 2.75) is 33.1 Å². The van der Waals surface area contributed by atoms with Crippen molar-refractivity contribution in [1.82, 2.24) is 0 Å². The molecule has 0 unspecified atom stereocenters. The first-order chi connectivity index (χ1) is 10.7. The van der Waals surface area contributed by atoms with E-state index < -0.39 is 0 Å². The quantitative estimate of drug-likeness (QED) is 0.723. The molecule has 2 aromatic rings. The van der Waals surface area contributed by atoms with Crippen LogP contribution in [0.4, 0.5) is 11.4 Å². The highest BCUT2D eigenvalue weighted by Crippen LogP contribution is 2.21. The van der Waals surface area contributed by atoms with E-state index in [1.54, 1.807) is 0 Å². The summed E-state index contributed by atoms with van der Waals surface area (Å²) in [6.45, 7) is 6.60. The Morgan fingerprint density at radius 1 is 0.909 bits per heavy atom. The van der Waals surface area contributed by atoms with Crippen molar-refractivity contribution in [3.8, 4) is 0 Å². The third-order valence-electron chi connectivity index (χ3n) is 4.32. The van der Waals surface area contributed by atoms with Crippen LogP contribution in [0, 0.1) is 13.8 Å². The van der Waals surface area contributed by atoms with Gasteiger partial charge in [0, 0.05) is 25.0 Å². The fourth-order valence-electron chi connectivity index (χ4n) is 3.02. The molecule has 1 saturated heterocycles. The fraction of sp³-hybridized carbons (Fsp3) is 0.350. The van der Waals surface area contributed by atoms with Crippen LogP contribution < -0.4 is 4.90 Å². The van der Waals surface area contributed by atoms with Gasteiger partial charge in [0.05, 0.1) is 5.69 Å². The Morgan fingerprint density at radius 2 is 1.64 bits per heavy atom. The van der Waals surface area contributed by atoms with Gasteiger partial charge in [-0.2, -0.15) is 0 Å². The Kier molecular flexibility index (Phi) is 4.57. The molecule has 1 fully saturated rings. The summed E-state index contributed by atoms with van der Waals surface area (Å²) in [5.41, 5.74) is 6.04. The first kappa shape index (κ1) is 14.8. The van der Waals surface area contributed by atoms with E-state index in [9.17, 15) is 0 Å². The molecule has 0 bridgehead atoms. The van der Waals surface area contributed by atoms with Crippen LogP contribution in [0.15, 0.2) is 47.5 Å². The van der Waals surface area contributed by atoms with Gasteiger partial charge in [-0.05, 0) is 62.4 Å². The number of aliphatic imine (C=N–C) groups is 1. The van der Waals surface area contributed by atoms with Crippen LogP contribution in [0.5, 0.6) is 0 Å². The highest BCUT2D eigenvalue weighted by molar-refractivity contribution is 5.83. The zero-order valence-electron chi connectivity index (χ0n) is 13.5. The molecule has 3 rings (SSSR count). The molecule has 1 heterocycles. The van der Waals surface area contributed by atoms with Crippen LogP contribution in [0.1, 0.15) is 36.0 Å². The average molecular weight is 292 g/mol. The van der Waals surface area contributed by atoms with Gasteiger partial charge in [0.2, 0.25) is 0 Å². The van der Waals surface area contributed by atoms with Crippen LogP contribution in [0.3, 0.4) is 0 Å². The molecule has 0 aromatic heterocycles. The molecule has 0 aliphatic carbocycles. The monoisotopic (exact) mass is 292 g/mol. The molecule has 1 aliphatic rings. The topological polar surface area (TPSA) is 15.6 Å². The van der Waals surface area contributed by atoms with Crippen molar-refractivity contribution in [2.24, 2.45) is 4.99 Å². The van der Waals surface area contributed by atoms with Crippen LogP contribution >= 0.6 is 0 Å². The van der Waals surface area contributed by atoms with Crippen LogP contribution in [-0.4, -0.2) is 19.3 Å². The second kappa shape index (κ2) is 6.78. The first-order valence-corrected chi connectivity index (χ1v) is 8.19. The Morgan fingerprint density at radius 3 is 2.32 bits per heavy atom. The molecule has 0 spiro atoms. The van der Waals surface area contributed by atoms with Gasteiger partial charge in [-0.25, -0.2) is 0 Å². The van der Waals surface area contributed by atoms with Gasteiger partial charge in [0.1, 0.15) is 0 Å². The minimum Gasteiger partial charge on any atom is -0.372 e. The lowest BCUT2D eigenvalue weighted by molar-refractivity contribution is 0.578. The summed E-state index contributed by atoms with van der Waals surface area (Å²) in [5, 5.41) is 0. The lowest BCUT2D eigenvalue weighted by Gasteiger charge is -2.28. The van der Waals surface area contributed by atoms with E-state index >= 15 is 0 Å². The molecule has 0 amide bonds. The summed E-state index contributed by atoms with van der Waals surface area (Å²) in [6, 6.07) is 15.1. The standard InChI is InChI=1S/C20H24N2/c1-16-6-11-20(17(2)14-16)21-15-18-7-9-19(10-8-18)22-12-4-3-5-13-22/h6-11,14-15H,3-5,12-13H2,1-2H3. The number of aryl methyl sites for hydroxylation is 2. The largest absolute Gasteiger partial charge is 0.372 e. The van der Waals surface area contributed by atoms with Gasteiger partial charge >= 0.3 is 0 Å². The Balaban J connectivity index is 1.71. The van der Waals surface area contributed by atoms with Crippen LogP contribution in [0.25, 0.3) is 0 Å². The van der Waals surface area contributed by atoms with Crippen molar-refractivity contribution < 1.29 is 0 Å². The fourth-order valence-corrected chi connectivity index (χ4v) is 3.02. The van der Waals surface area contributed by atoms with Gasteiger partial charge < -0.3 is 4.90 Å². The lowest BCUT2D eigenvalue weighted by Crippen LogP contribution is -2.29. The number of nitrogens with zero attached hydrogens (tertiary/aromatic N) is 2. The smallest absolute Gasteiger partial charge is 0.0659 e. The van der Waals surface area contributed by atoms with E-state index in [4.69, 9.17) is 0 Å². The Bertz CT molecular complexity index is 650. The molecule has 0 saturated carbocycles. The Hall–Kier alpha value is -2.09. The SMILES string of the molecule is Cc1ccc(N=Cc2ccc(N3CCCCC3)cc2)c(C)c1. The second-order valence-corrected chi connectivity index (χ2v) is 6.19. The van der Waals surface area contributed by atoms with Crippen molar-refractivity contribution in [1.29, 1.82) is 0 Å². The molecule has 0 radical (unpaired) electrons. The van der Waals surface area contributed by atoms with Gasteiger partial charge in [-0.1, -0.05) is 29.8 Å². The van der Waals surface area contributed by atoms with E-state index in [1.807, 2.05) is 6.21 Å². The van der Waals surface area contributed by atoms with E-state index in [0.29, 0.717) is 0 Å². The number of hydrogen-bond acceptors (Lipinski definition) is 2. The molecule has 114 valence electrons. The second-order valence-electron chi connectivity index (χ2n) is 6.19. The molecule has 0 N–H and O–H groups in total. The predicted octanol–water partition coefficient (Wildman–Crippen LogP) is 5.04. The van der Waals surface area contributed by atoms with Crippen molar-refractivity contribution >= 4 is 17.6 Å². The summed E-state index contributed by atoms with van der Waals surface area (Å²) in [5.74, 6) is 0. The highest BCUT2D eigenvalue weighted by atomic mass is 15.1. The van der Waals surface area contributed by atoms with Crippen molar-refractivity contribution in [3.05, 3.63) is 59.2 Å². The van der Waals surface area contributed by atoms with E-state index in [-0.39, 0.29) is 0 Å². The molecule has 22 heavy (non-hydrogen) atoms. The Labute approximate surface area is 133 Å². The third kappa shape index (κ3) is 3.56. The first-order valence-electron chi connectivity index (χ1n) is 8.19. The molecular weight excluding hydrogens is 268 g/mol. The number of piperidine rings is 1. The maximum Gasteiger partial charge on any atom is 0.0659 e. The summed E-state index contributed by atoms with van der Waals surface area (Å²) in [6.07, 6.45) is 5.96. The molecule has 0 atom stereocenters. The van der Waals surface area contributed by atoms with Gasteiger partial charge in [0.15, 0.2) is 0 Å². The number of rotatable bonds is 3. The summed E-state index contributed by atoms with van der Waals surface area (Å²) < 4.78 is 0. The van der Waals surface area contributed by atoms with E-state index in [1.165, 1.54) is 49.2 Å². The number of hydrogen-bond donors (Lipinski definition) is 0. The summed E-state index contributed by atoms with van der Waals surface area (Å²) in [4.78, 5) is 7.10. The van der Waals surface area contributed by atoms with E-state index in [0.717, 1.165) is 11.3 Å². The highest BCUT2D eigenvalue weighted by Gasteiger charge is 2.10. The number of anilines is 1. The number of benzene rings is 2. The average Bonchev–Trinajstić information content (AvgIpc) is 2.55. The minimum atomic E-state index is 1.05.